The van der Waals surface area contributed by atoms with Crippen LogP contribution in [0.5, 0.6) is 0 Å². The summed E-state index contributed by atoms with van der Waals surface area (Å²) in [5, 5.41) is 0.646. The number of nitrogens with two attached hydrogens (primary N) is 1. The number of hydrogen-bond acceptors (Lipinski definition) is 4. The summed E-state index contributed by atoms with van der Waals surface area (Å²) >= 11 is 5.82. The van der Waals surface area contributed by atoms with Crippen molar-refractivity contribution < 1.29 is 13.9 Å². The van der Waals surface area contributed by atoms with Gasteiger partial charge in [0.15, 0.2) is 6.10 Å². The molecule has 0 radical (unpaired) electrons. The summed E-state index contributed by atoms with van der Waals surface area (Å²) in [6.07, 6.45) is -0.869. The fraction of sp³-hybridized carbons (Fsp3) is 0.154. The largest absolute Gasteiger partial charge is 0.458 e. The van der Waals surface area contributed by atoms with Crippen LogP contribution in [0.3, 0.4) is 0 Å². The Bertz CT molecular complexity index is 566. The summed E-state index contributed by atoms with van der Waals surface area (Å²) in [6.45, 7) is 0. The molecule has 0 aliphatic carbocycles. The first-order valence-electron chi connectivity index (χ1n) is 5.54. The van der Waals surface area contributed by atoms with Gasteiger partial charge in [-0.1, -0.05) is 11.6 Å². The number of furan rings is 1. The van der Waals surface area contributed by atoms with Crippen molar-refractivity contribution in [2.45, 2.75) is 6.10 Å². The van der Waals surface area contributed by atoms with Crippen molar-refractivity contribution in [2.24, 2.45) is 5.84 Å². The Morgan fingerprint density at radius 3 is 2.58 bits per heavy atom. The molecule has 0 aliphatic heterocycles. The van der Waals surface area contributed by atoms with Crippen LogP contribution in [0.25, 0.3) is 11.3 Å². The fourth-order valence-electron chi connectivity index (χ4n) is 1.69. The van der Waals surface area contributed by atoms with E-state index in [1.807, 2.05) is 17.6 Å². The summed E-state index contributed by atoms with van der Waals surface area (Å²) in [7, 11) is 1.41. The molecule has 1 unspecified atom stereocenters. The lowest BCUT2D eigenvalue weighted by Crippen LogP contribution is -2.35. The van der Waals surface area contributed by atoms with Gasteiger partial charge in [0.05, 0.1) is 0 Å². The quantitative estimate of drug-likeness (QED) is 0.512. The Balaban J connectivity index is 2.27. The van der Waals surface area contributed by atoms with Crippen LogP contribution in [0.2, 0.25) is 5.02 Å². The first kappa shape index (κ1) is 13.6. The zero-order chi connectivity index (χ0) is 13.8. The summed E-state index contributed by atoms with van der Waals surface area (Å²) in [5.74, 6) is 5.62. The highest BCUT2D eigenvalue weighted by atomic mass is 35.5. The summed E-state index contributed by atoms with van der Waals surface area (Å²) < 4.78 is 10.7. The Kier molecular flexibility index (Phi) is 4.21. The number of carbonyl (C=O) groups is 1. The lowest BCUT2D eigenvalue weighted by molar-refractivity contribution is -0.132. The number of nitrogens with one attached hydrogen (secondary N) is 1. The third-order valence-corrected chi connectivity index (χ3v) is 2.88. The molecule has 0 fully saturated rings. The molecule has 2 rings (SSSR count). The van der Waals surface area contributed by atoms with Gasteiger partial charge in [-0.15, -0.1) is 0 Å². The van der Waals surface area contributed by atoms with Crippen molar-refractivity contribution in [3.63, 3.8) is 0 Å². The Morgan fingerprint density at radius 2 is 2.00 bits per heavy atom. The van der Waals surface area contributed by atoms with Crippen molar-refractivity contribution in [1.82, 2.24) is 5.43 Å². The normalized spacial score (nSPS) is 12.2. The predicted molar refractivity (Wildman–Crippen MR) is 71.2 cm³/mol. The van der Waals surface area contributed by atoms with Crippen LogP contribution in [0.1, 0.15) is 11.9 Å². The number of ether oxygens (including phenoxy) is 1. The van der Waals surface area contributed by atoms with E-state index in [4.69, 9.17) is 26.6 Å². The Hall–Kier alpha value is -1.82. The summed E-state index contributed by atoms with van der Waals surface area (Å²) in [5.41, 5.74) is 2.89. The standard InChI is InChI=1S/C13H13ClN2O3/c1-18-12(13(17)16-15)11-7-6-10(19-11)8-2-4-9(14)5-3-8/h2-7,12H,15H2,1H3,(H,16,17). The van der Waals surface area contributed by atoms with Crippen molar-refractivity contribution in [1.29, 1.82) is 0 Å². The first-order chi connectivity index (χ1) is 9.15. The maximum atomic E-state index is 11.5. The minimum absolute atomic E-state index is 0.385. The monoisotopic (exact) mass is 280 g/mol. The number of benzene rings is 1. The number of rotatable bonds is 4. The molecule has 0 bridgehead atoms. The SMILES string of the molecule is COC(C(=O)NN)c1ccc(-c2ccc(Cl)cc2)o1. The van der Waals surface area contributed by atoms with E-state index < -0.39 is 12.0 Å². The van der Waals surface area contributed by atoms with Gasteiger partial charge in [0.2, 0.25) is 0 Å². The van der Waals surface area contributed by atoms with Crippen LogP contribution in [-0.4, -0.2) is 13.0 Å². The number of carbonyl (C=O) groups excluding carboxylic acids is 1. The van der Waals surface area contributed by atoms with Crippen LogP contribution in [0.15, 0.2) is 40.8 Å². The van der Waals surface area contributed by atoms with Crippen LogP contribution in [0, 0.1) is 0 Å². The average molecular weight is 281 g/mol. The molecule has 5 nitrogen and oxygen atoms in total. The van der Waals surface area contributed by atoms with Gasteiger partial charge in [0.25, 0.3) is 5.91 Å². The molecule has 1 aromatic heterocycles. The first-order valence-corrected chi connectivity index (χ1v) is 5.92. The van der Waals surface area contributed by atoms with Crippen LogP contribution < -0.4 is 11.3 Å². The Labute approximate surface area is 115 Å². The molecule has 0 saturated carbocycles. The average Bonchev–Trinajstić information content (AvgIpc) is 2.89. The van der Waals surface area contributed by atoms with Gasteiger partial charge in [-0.2, -0.15) is 0 Å². The predicted octanol–water partition coefficient (Wildman–Crippen LogP) is 2.28. The number of hydrogen-bond donors (Lipinski definition) is 2. The van der Waals surface area contributed by atoms with Gasteiger partial charge >= 0.3 is 0 Å². The smallest absolute Gasteiger partial charge is 0.270 e. The maximum Gasteiger partial charge on any atom is 0.270 e. The second-order valence-corrected chi connectivity index (χ2v) is 4.27. The van der Waals surface area contributed by atoms with E-state index >= 15 is 0 Å². The van der Waals surface area contributed by atoms with E-state index in [0.717, 1.165) is 5.56 Å². The molecular formula is C13H13ClN2O3. The molecule has 6 heteroatoms. The van der Waals surface area contributed by atoms with Crippen LogP contribution in [0.4, 0.5) is 0 Å². The molecule has 1 heterocycles. The fourth-order valence-corrected chi connectivity index (χ4v) is 1.82. The lowest BCUT2D eigenvalue weighted by Gasteiger charge is -2.10. The minimum atomic E-state index is -0.869. The molecule has 1 amide bonds. The number of halogens is 1. The van der Waals surface area contributed by atoms with E-state index in [0.29, 0.717) is 16.5 Å². The van der Waals surface area contributed by atoms with E-state index in [2.05, 4.69) is 0 Å². The van der Waals surface area contributed by atoms with E-state index in [1.54, 1.807) is 24.3 Å². The number of hydrazine groups is 1. The van der Waals surface area contributed by atoms with E-state index in [-0.39, 0.29) is 0 Å². The highest BCUT2D eigenvalue weighted by Crippen LogP contribution is 2.27. The zero-order valence-electron chi connectivity index (χ0n) is 10.2. The zero-order valence-corrected chi connectivity index (χ0v) is 11.0. The molecule has 1 atom stereocenters. The molecule has 0 saturated heterocycles. The summed E-state index contributed by atoms with van der Waals surface area (Å²) in [4.78, 5) is 11.5. The van der Waals surface area contributed by atoms with Crippen LogP contribution >= 0.6 is 11.6 Å². The van der Waals surface area contributed by atoms with Gasteiger partial charge in [0, 0.05) is 17.7 Å². The van der Waals surface area contributed by atoms with Crippen molar-refractivity contribution in [3.8, 4) is 11.3 Å². The van der Waals surface area contributed by atoms with Gasteiger partial charge in [-0.05, 0) is 36.4 Å². The van der Waals surface area contributed by atoms with Gasteiger partial charge in [0.1, 0.15) is 11.5 Å². The maximum absolute atomic E-state index is 11.5. The molecule has 1 aromatic carbocycles. The lowest BCUT2D eigenvalue weighted by atomic mass is 10.2. The molecular weight excluding hydrogens is 268 g/mol. The topological polar surface area (TPSA) is 77.5 Å². The highest BCUT2D eigenvalue weighted by Gasteiger charge is 2.23. The molecule has 0 aliphatic rings. The van der Waals surface area contributed by atoms with E-state index in [9.17, 15) is 4.79 Å². The highest BCUT2D eigenvalue weighted by molar-refractivity contribution is 6.30. The molecule has 0 spiro atoms. The molecule has 19 heavy (non-hydrogen) atoms. The van der Waals surface area contributed by atoms with Gasteiger partial charge in [-0.3, -0.25) is 10.2 Å². The molecule has 100 valence electrons. The van der Waals surface area contributed by atoms with Gasteiger partial charge < -0.3 is 9.15 Å². The second kappa shape index (κ2) is 5.88. The second-order valence-electron chi connectivity index (χ2n) is 3.83. The van der Waals surface area contributed by atoms with Crippen molar-refractivity contribution in [3.05, 3.63) is 47.2 Å². The third-order valence-electron chi connectivity index (χ3n) is 2.63. The third kappa shape index (κ3) is 2.96. The van der Waals surface area contributed by atoms with Gasteiger partial charge in [-0.25, -0.2) is 5.84 Å². The van der Waals surface area contributed by atoms with Crippen LogP contribution in [-0.2, 0) is 9.53 Å². The minimum Gasteiger partial charge on any atom is -0.458 e. The van der Waals surface area contributed by atoms with Crippen molar-refractivity contribution >= 4 is 17.5 Å². The molecule has 3 N–H and O–H groups in total. The van der Waals surface area contributed by atoms with E-state index in [1.165, 1.54) is 7.11 Å². The number of amides is 1. The molecule has 2 aromatic rings. The van der Waals surface area contributed by atoms with Crippen molar-refractivity contribution in [2.75, 3.05) is 7.11 Å². The summed E-state index contributed by atoms with van der Waals surface area (Å²) in [6, 6.07) is 10.6. The Morgan fingerprint density at radius 1 is 1.32 bits per heavy atom. The number of methoxy groups -OCH3 is 1.